The van der Waals surface area contributed by atoms with E-state index in [9.17, 15) is 14.4 Å². The monoisotopic (exact) mass is 425 g/mol. The van der Waals surface area contributed by atoms with E-state index >= 15 is 0 Å². The number of aromatic amines is 1. The Kier molecular flexibility index (Phi) is 4.59. The fourth-order valence-electron chi connectivity index (χ4n) is 4.66. The van der Waals surface area contributed by atoms with Gasteiger partial charge in [-0.3, -0.25) is 14.5 Å². The zero-order valence-corrected chi connectivity index (χ0v) is 17.9. The number of nitrogens with one attached hydrogen (secondary N) is 2. The number of H-pyrrole nitrogens is 1. The van der Waals surface area contributed by atoms with Gasteiger partial charge in [0.2, 0.25) is 0 Å². The van der Waals surface area contributed by atoms with Gasteiger partial charge >= 0.3 is 6.03 Å². The van der Waals surface area contributed by atoms with Gasteiger partial charge < -0.3 is 10.3 Å². The molecule has 1 aromatic heterocycles. The van der Waals surface area contributed by atoms with Crippen molar-refractivity contribution in [3.05, 3.63) is 83.6 Å². The molecule has 2 heterocycles. The Labute approximate surface area is 185 Å². The molecule has 32 heavy (non-hydrogen) atoms. The second-order valence-corrected chi connectivity index (χ2v) is 8.29. The largest absolute Gasteiger partial charge is 0.360 e. The van der Waals surface area contributed by atoms with E-state index in [4.69, 9.17) is 0 Å². The van der Waals surface area contributed by atoms with Crippen LogP contribution < -0.4 is 5.32 Å². The standard InChI is InChI=1S/C26H23N3O3/c1-3-16-9-6-12-19-20(14-27-23(16)19)22(30)15-29-24(31)26(2,28-25(29)32)21-13-7-10-17-8-4-5-11-18(17)21/h4-14,27H,3,15H2,1-2H3,(H,28,32)/t26-/m1/s1. The summed E-state index contributed by atoms with van der Waals surface area (Å²) < 4.78 is 0. The summed E-state index contributed by atoms with van der Waals surface area (Å²) >= 11 is 0. The van der Waals surface area contributed by atoms with Crippen LogP contribution in [0.15, 0.2) is 66.9 Å². The molecule has 3 amide bonds. The molecule has 160 valence electrons. The lowest BCUT2D eigenvalue weighted by Gasteiger charge is -2.24. The molecule has 0 spiro atoms. The third-order valence-electron chi connectivity index (χ3n) is 6.39. The number of para-hydroxylation sites is 1. The molecule has 0 unspecified atom stereocenters. The number of carbonyl (C=O) groups is 3. The molecule has 0 aliphatic carbocycles. The lowest BCUT2D eigenvalue weighted by molar-refractivity contribution is -0.130. The van der Waals surface area contributed by atoms with Crippen molar-refractivity contribution in [3.63, 3.8) is 0 Å². The average molecular weight is 425 g/mol. The first-order chi connectivity index (χ1) is 15.4. The molecular weight excluding hydrogens is 402 g/mol. The predicted octanol–water partition coefficient (Wildman–Crippen LogP) is 4.53. The summed E-state index contributed by atoms with van der Waals surface area (Å²) in [6.45, 7) is 3.44. The third-order valence-corrected chi connectivity index (χ3v) is 6.39. The van der Waals surface area contributed by atoms with Crippen LogP contribution in [0.3, 0.4) is 0 Å². The topological polar surface area (TPSA) is 82.3 Å². The van der Waals surface area contributed by atoms with Crippen molar-refractivity contribution < 1.29 is 14.4 Å². The number of ketones is 1. The summed E-state index contributed by atoms with van der Waals surface area (Å²) in [5.41, 5.74) is 1.97. The van der Waals surface area contributed by atoms with Crippen molar-refractivity contribution >= 4 is 39.4 Å². The Morgan fingerprint density at radius 2 is 1.69 bits per heavy atom. The lowest BCUT2D eigenvalue weighted by atomic mass is 9.88. The van der Waals surface area contributed by atoms with Crippen molar-refractivity contribution in [2.45, 2.75) is 25.8 Å². The van der Waals surface area contributed by atoms with E-state index in [0.717, 1.165) is 38.6 Å². The van der Waals surface area contributed by atoms with Crippen LogP contribution in [0.5, 0.6) is 0 Å². The van der Waals surface area contributed by atoms with Crippen molar-refractivity contribution in [1.82, 2.24) is 15.2 Å². The molecule has 0 bridgehead atoms. The zero-order chi connectivity index (χ0) is 22.5. The first-order valence-electron chi connectivity index (χ1n) is 10.7. The molecule has 3 aromatic carbocycles. The molecule has 0 saturated carbocycles. The van der Waals surface area contributed by atoms with E-state index < -0.39 is 17.5 Å². The van der Waals surface area contributed by atoms with Crippen molar-refractivity contribution in [2.75, 3.05) is 6.54 Å². The molecule has 6 heteroatoms. The summed E-state index contributed by atoms with van der Waals surface area (Å²) in [5, 5.41) is 5.50. The van der Waals surface area contributed by atoms with Crippen LogP contribution in [0.1, 0.15) is 35.3 Å². The van der Waals surface area contributed by atoms with Gasteiger partial charge in [0, 0.05) is 22.7 Å². The number of fused-ring (bicyclic) bond motifs is 2. The first-order valence-corrected chi connectivity index (χ1v) is 10.7. The minimum absolute atomic E-state index is 0.282. The number of amides is 3. The van der Waals surface area contributed by atoms with E-state index in [1.807, 2.05) is 60.7 Å². The fourth-order valence-corrected chi connectivity index (χ4v) is 4.66. The third kappa shape index (κ3) is 2.91. The van der Waals surface area contributed by atoms with E-state index in [0.29, 0.717) is 11.1 Å². The summed E-state index contributed by atoms with van der Waals surface area (Å²) in [6, 6.07) is 18.7. The fraction of sp³-hybridized carbons (Fsp3) is 0.192. The molecule has 1 aliphatic heterocycles. The Morgan fingerprint density at radius 1 is 0.969 bits per heavy atom. The van der Waals surface area contributed by atoms with Gasteiger partial charge in [0.05, 0.1) is 6.54 Å². The van der Waals surface area contributed by atoms with Gasteiger partial charge in [0.15, 0.2) is 5.78 Å². The van der Waals surface area contributed by atoms with Gasteiger partial charge in [-0.05, 0) is 35.2 Å². The highest BCUT2D eigenvalue weighted by molar-refractivity contribution is 6.15. The molecule has 5 rings (SSSR count). The van der Waals surface area contributed by atoms with Crippen molar-refractivity contribution in [2.24, 2.45) is 0 Å². The van der Waals surface area contributed by atoms with E-state index in [1.165, 1.54) is 0 Å². The minimum atomic E-state index is -1.24. The van der Waals surface area contributed by atoms with Crippen molar-refractivity contribution in [1.29, 1.82) is 0 Å². The number of nitrogens with zero attached hydrogens (tertiary/aromatic N) is 1. The number of aromatic nitrogens is 1. The second-order valence-electron chi connectivity index (χ2n) is 8.29. The van der Waals surface area contributed by atoms with E-state index in [2.05, 4.69) is 17.2 Å². The van der Waals surface area contributed by atoms with Crippen LogP contribution in [0.2, 0.25) is 0 Å². The Bertz CT molecular complexity index is 1400. The Balaban J connectivity index is 1.48. The Morgan fingerprint density at radius 3 is 2.50 bits per heavy atom. The van der Waals surface area contributed by atoms with Crippen LogP contribution >= 0.6 is 0 Å². The van der Waals surface area contributed by atoms with Gasteiger partial charge in [-0.2, -0.15) is 0 Å². The van der Waals surface area contributed by atoms with Gasteiger partial charge in [0.1, 0.15) is 5.54 Å². The second kappa shape index (κ2) is 7.34. The maximum atomic E-state index is 13.4. The van der Waals surface area contributed by atoms with Crippen LogP contribution in [0.25, 0.3) is 21.7 Å². The van der Waals surface area contributed by atoms with Gasteiger partial charge in [-0.15, -0.1) is 0 Å². The average Bonchev–Trinajstić information content (AvgIpc) is 3.34. The van der Waals surface area contributed by atoms with Crippen LogP contribution in [-0.4, -0.2) is 34.2 Å². The molecule has 1 fully saturated rings. The van der Waals surface area contributed by atoms with Crippen LogP contribution in [0.4, 0.5) is 4.79 Å². The molecule has 1 saturated heterocycles. The molecular formula is C26H23N3O3. The Hall–Kier alpha value is -3.93. The summed E-state index contributed by atoms with van der Waals surface area (Å²) in [4.78, 5) is 43.6. The number of rotatable bonds is 5. The number of hydrogen-bond acceptors (Lipinski definition) is 3. The molecule has 1 atom stereocenters. The van der Waals surface area contributed by atoms with Crippen LogP contribution in [0, 0.1) is 0 Å². The quantitative estimate of drug-likeness (QED) is 0.364. The van der Waals surface area contributed by atoms with Gasteiger partial charge in [-0.1, -0.05) is 67.6 Å². The number of Topliss-reactive ketones (excluding diaryl/α,β-unsaturated/α-hetero) is 1. The highest BCUT2D eigenvalue weighted by Crippen LogP contribution is 2.34. The number of aryl methyl sites for hydroxylation is 1. The number of hydrogen-bond donors (Lipinski definition) is 2. The van der Waals surface area contributed by atoms with E-state index in [-0.39, 0.29) is 12.3 Å². The molecule has 2 N–H and O–H groups in total. The highest BCUT2D eigenvalue weighted by Gasteiger charge is 2.50. The first kappa shape index (κ1) is 20.0. The number of benzene rings is 3. The smallest absolute Gasteiger partial charge is 0.325 e. The van der Waals surface area contributed by atoms with Gasteiger partial charge in [0.25, 0.3) is 5.91 Å². The van der Waals surface area contributed by atoms with E-state index in [1.54, 1.807) is 13.1 Å². The molecule has 6 nitrogen and oxygen atoms in total. The summed E-state index contributed by atoms with van der Waals surface area (Å²) in [5.74, 6) is -0.712. The lowest BCUT2D eigenvalue weighted by Crippen LogP contribution is -2.41. The summed E-state index contributed by atoms with van der Waals surface area (Å²) in [7, 11) is 0. The molecule has 4 aromatic rings. The number of urea groups is 1. The maximum Gasteiger partial charge on any atom is 0.325 e. The maximum absolute atomic E-state index is 13.4. The normalized spacial score (nSPS) is 18.5. The summed E-state index contributed by atoms with van der Waals surface area (Å²) in [6.07, 6.45) is 2.50. The predicted molar refractivity (Wildman–Crippen MR) is 124 cm³/mol. The SMILES string of the molecule is CCc1cccc2c(C(=O)CN3C(=O)N[C@](C)(c4cccc5ccccc45)C3=O)c[nH]c12. The highest BCUT2D eigenvalue weighted by atomic mass is 16.2. The molecule has 0 radical (unpaired) electrons. The van der Waals surface area contributed by atoms with Gasteiger partial charge in [-0.25, -0.2) is 4.79 Å². The van der Waals surface area contributed by atoms with Crippen LogP contribution in [-0.2, 0) is 16.8 Å². The zero-order valence-electron chi connectivity index (χ0n) is 17.9. The number of carbonyl (C=O) groups excluding carboxylic acids is 3. The van der Waals surface area contributed by atoms with Crippen molar-refractivity contribution in [3.8, 4) is 0 Å². The molecule has 1 aliphatic rings. The number of imide groups is 1. The minimum Gasteiger partial charge on any atom is -0.360 e.